The summed E-state index contributed by atoms with van der Waals surface area (Å²) >= 11 is 7.26. The first-order valence-corrected chi connectivity index (χ1v) is 8.73. The largest absolute Gasteiger partial charge is 0.431 e. The van der Waals surface area contributed by atoms with Gasteiger partial charge in [-0.3, -0.25) is 0 Å². The van der Waals surface area contributed by atoms with E-state index in [0.717, 1.165) is 0 Å². The number of rotatable bonds is 4. The molecule has 0 atom stereocenters. The summed E-state index contributed by atoms with van der Waals surface area (Å²) in [6.07, 6.45) is 0. The molecule has 0 saturated heterocycles. The van der Waals surface area contributed by atoms with Crippen molar-refractivity contribution in [2.24, 2.45) is 0 Å². The molecule has 5 nitrogen and oxygen atoms in total. The van der Waals surface area contributed by atoms with E-state index in [-0.39, 0.29) is 5.82 Å². The van der Waals surface area contributed by atoms with Crippen LogP contribution in [0.4, 0.5) is 4.39 Å². The van der Waals surface area contributed by atoms with Gasteiger partial charge in [0.25, 0.3) is 5.22 Å². The maximum Gasteiger partial charge on any atom is 0.257 e. The Hall–Kier alpha value is -2.38. The van der Waals surface area contributed by atoms with Crippen LogP contribution in [0.3, 0.4) is 0 Å². The molecule has 0 aliphatic heterocycles. The highest BCUT2D eigenvalue weighted by Gasteiger charge is 2.13. The van der Waals surface area contributed by atoms with Crippen molar-refractivity contribution in [3.05, 3.63) is 58.7 Å². The van der Waals surface area contributed by atoms with Crippen LogP contribution in [0.1, 0.15) is 11.5 Å². The van der Waals surface area contributed by atoms with Crippen LogP contribution in [0.2, 0.25) is 5.02 Å². The van der Waals surface area contributed by atoms with E-state index >= 15 is 0 Å². The van der Waals surface area contributed by atoms with Gasteiger partial charge >= 0.3 is 0 Å². The molecular weight excluding hydrogens is 365 g/mol. The maximum absolute atomic E-state index is 13.7. The molecule has 4 rings (SSSR count). The highest BCUT2D eigenvalue weighted by Crippen LogP contribution is 2.28. The Labute approximate surface area is 151 Å². The van der Waals surface area contributed by atoms with E-state index in [0.29, 0.717) is 49.9 Å². The highest BCUT2D eigenvalue weighted by atomic mass is 35.5. The maximum atomic E-state index is 13.7. The van der Waals surface area contributed by atoms with Gasteiger partial charge in [-0.05, 0) is 36.8 Å². The average Bonchev–Trinajstić information content (AvgIpc) is 3.21. The zero-order valence-corrected chi connectivity index (χ0v) is 14.6. The van der Waals surface area contributed by atoms with E-state index in [9.17, 15) is 4.39 Å². The predicted molar refractivity (Wildman–Crippen MR) is 93.0 cm³/mol. The fourth-order valence-electron chi connectivity index (χ4n) is 2.23. The van der Waals surface area contributed by atoms with Crippen molar-refractivity contribution in [1.82, 2.24) is 15.1 Å². The summed E-state index contributed by atoms with van der Waals surface area (Å²) in [6.45, 7) is 1.70. The monoisotopic (exact) mass is 375 g/mol. The fourth-order valence-corrected chi connectivity index (χ4v) is 3.07. The topological polar surface area (TPSA) is 65.0 Å². The molecular formula is C17H11ClFN3O2S. The smallest absolute Gasteiger partial charge is 0.257 e. The lowest BCUT2D eigenvalue weighted by Gasteiger charge is -1.97. The van der Waals surface area contributed by atoms with Gasteiger partial charge in [0.15, 0.2) is 5.58 Å². The van der Waals surface area contributed by atoms with Gasteiger partial charge in [0.1, 0.15) is 11.3 Å². The lowest BCUT2D eigenvalue weighted by molar-refractivity contribution is 0.391. The van der Waals surface area contributed by atoms with Gasteiger partial charge in [-0.15, -0.1) is 0 Å². The molecule has 126 valence electrons. The lowest BCUT2D eigenvalue weighted by Crippen LogP contribution is -1.86. The van der Waals surface area contributed by atoms with Crippen molar-refractivity contribution in [3.8, 4) is 11.4 Å². The summed E-state index contributed by atoms with van der Waals surface area (Å²) in [5, 5.41) is 4.98. The Kier molecular flexibility index (Phi) is 4.19. The van der Waals surface area contributed by atoms with E-state index in [2.05, 4.69) is 15.1 Å². The van der Waals surface area contributed by atoms with Crippen molar-refractivity contribution in [2.45, 2.75) is 17.9 Å². The van der Waals surface area contributed by atoms with Crippen molar-refractivity contribution in [2.75, 3.05) is 0 Å². The molecule has 4 aromatic rings. The van der Waals surface area contributed by atoms with Crippen molar-refractivity contribution < 1.29 is 13.3 Å². The van der Waals surface area contributed by atoms with Crippen molar-refractivity contribution >= 4 is 34.5 Å². The SMILES string of the molecule is Cc1ccc(-c2noc(CSc3nc4cc(Cl)ccc4o3)n2)cc1F. The van der Waals surface area contributed by atoms with Crippen LogP contribution in [0.15, 0.2) is 50.6 Å². The summed E-state index contributed by atoms with van der Waals surface area (Å²) in [5.74, 6) is 0.838. The average molecular weight is 376 g/mol. The molecule has 0 N–H and O–H groups in total. The van der Waals surface area contributed by atoms with Crippen LogP contribution in [-0.2, 0) is 5.75 Å². The molecule has 0 fully saturated rings. The molecule has 2 aromatic heterocycles. The van der Waals surface area contributed by atoms with Gasteiger partial charge in [-0.2, -0.15) is 4.98 Å². The first-order chi connectivity index (χ1) is 12.1. The van der Waals surface area contributed by atoms with E-state index in [4.69, 9.17) is 20.5 Å². The third kappa shape index (κ3) is 3.38. The number of halogens is 2. The van der Waals surface area contributed by atoms with E-state index in [1.807, 2.05) is 0 Å². The van der Waals surface area contributed by atoms with E-state index in [1.165, 1.54) is 17.8 Å². The van der Waals surface area contributed by atoms with E-state index in [1.54, 1.807) is 37.3 Å². The molecule has 2 aromatic carbocycles. The van der Waals surface area contributed by atoms with Gasteiger partial charge in [0, 0.05) is 10.6 Å². The number of thioether (sulfide) groups is 1. The number of aryl methyl sites for hydroxylation is 1. The second-order valence-electron chi connectivity index (χ2n) is 5.36. The number of hydrogen-bond donors (Lipinski definition) is 0. The van der Waals surface area contributed by atoms with Gasteiger partial charge in [0.2, 0.25) is 11.7 Å². The minimum Gasteiger partial charge on any atom is -0.431 e. The third-order valence-electron chi connectivity index (χ3n) is 3.55. The van der Waals surface area contributed by atoms with Gasteiger partial charge in [0.05, 0.1) is 5.75 Å². The zero-order valence-electron chi connectivity index (χ0n) is 13.0. The molecule has 25 heavy (non-hydrogen) atoms. The molecule has 0 bridgehead atoms. The van der Waals surface area contributed by atoms with Crippen molar-refractivity contribution in [3.63, 3.8) is 0 Å². The van der Waals surface area contributed by atoms with Crippen molar-refractivity contribution in [1.29, 1.82) is 0 Å². The molecule has 0 spiro atoms. The number of hydrogen-bond acceptors (Lipinski definition) is 6. The van der Waals surface area contributed by atoms with Gasteiger partial charge < -0.3 is 8.94 Å². The summed E-state index contributed by atoms with van der Waals surface area (Å²) in [7, 11) is 0. The van der Waals surface area contributed by atoms with Crippen LogP contribution in [0, 0.1) is 12.7 Å². The van der Waals surface area contributed by atoms with Crippen LogP contribution in [0.5, 0.6) is 0 Å². The number of benzene rings is 2. The Morgan fingerprint density at radius 2 is 2.04 bits per heavy atom. The van der Waals surface area contributed by atoms with Gasteiger partial charge in [-0.1, -0.05) is 40.7 Å². The highest BCUT2D eigenvalue weighted by molar-refractivity contribution is 7.98. The molecule has 0 aliphatic rings. The van der Waals surface area contributed by atoms with Crippen LogP contribution in [0.25, 0.3) is 22.5 Å². The molecule has 0 aliphatic carbocycles. The quantitative estimate of drug-likeness (QED) is 0.453. The first-order valence-electron chi connectivity index (χ1n) is 7.36. The second-order valence-corrected chi connectivity index (χ2v) is 6.72. The molecule has 2 heterocycles. The standard InChI is InChI=1S/C17H11ClFN3O2S/c1-9-2-3-10(6-12(9)19)16-21-15(24-22-16)8-25-17-20-13-7-11(18)4-5-14(13)23-17/h2-7H,8H2,1H3. The number of oxazole rings is 1. The Bertz CT molecular complexity index is 1060. The Morgan fingerprint density at radius 1 is 1.16 bits per heavy atom. The summed E-state index contributed by atoms with van der Waals surface area (Å²) in [6, 6.07) is 10.1. The number of nitrogens with zero attached hydrogens (tertiary/aromatic N) is 3. The molecule has 0 radical (unpaired) electrons. The normalized spacial score (nSPS) is 11.3. The number of aromatic nitrogens is 3. The van der Waals surface area contributed by atoms with Crippen LogP contribution >= 0.6 is 23.4 Å². The van der Waals surface area contributed by atoms with Gasteiger partial charge in [-0.25, -0.2) is 9.37 Å². The van der Waals surface area contributed by atoms with Crippen LogP contribution < -0.4 is 0 Å². The van der Waals surface area contributed by atoms with Crippen LogP contribution in [-0.4, -0.2) is 15.1 Å². The molecule has 8 heteroatoms. The third-order valence-corrected chi connectivity index (χ3v) is 4.60. The summed E-state index contributed by atoms with van der Waals surface area (Å²) < 4.78 is 24.5. The second kappa shape index (κ2) is 6.50. The minimum atomic E-state index is -0.302. The summed E-state index contributed by atoms with van der Waals surface area (Å²) in [5.41, 5.74) is 2.49. The Balaban J connectivity index is 1.49. The number of fused-ring (bicyclic) bond motifs is 1. The molecule has 0 unspecified atom stereocenters. The zero-order chi connectivity index (χ0) is 17.4. The fraction of sp³-hybridized carbons (Fsp3) is 0.118. The first kappa shape index (κ1) is 16.1. The molecule has 0 saturated carbocycles. The minimum absolute atomic E-state index is 0.302. The Morgan fingerprint density at radius 3 is 2.88 bits per heavy atom. The predicted octanol–water partition coefficient (Wildman–Crippen LogP) is 5.27. The summed E-state index contributed by atoms with van der Waals surface area (Å²) in [4.78, 5) is 8.63. The molecule has 0 amide bonds. The van der Waals surface area contributed by atoms with E-state index < -0.39 is 0 Å². The lowest BCUT2D eigenvalue weighted by atomic mass is 10.1.